The lowest BCUT2D eigenvalue weighted by molar-refractivity contribution is -0.118. The lowest BCUT2D eigenvalue weighted by Gasteiger charge is -2.38. The molecule has 2 aliphatic heterocycles. The Morgan fingerprint density at radius 1 is 1.08 bits per heavy atom. The molecule has 4 heteroatoms. The van der Waals surface area contributed by atoms with Crippen molar-refractivity contribution in [2.45, 2.75) is 38.1 Å². The number of para-hydroxylation sites is 1. The Morgan fingerprint density at radius 2 is 1.81 bits per heavy atom. The molecule has 1 amide bonds. The Morgan fingerprint density at radius 3 is 2.58 bits per heavy atom. The van der Waals surface area contributed by atoms with E-state index in [1.807, 2.05) is 6.92 Å². The van der Waals surface area contributed by atoms with Gasteiger partial charge in [-0.1, -0.05) is 55.5 Å². The minimum absolute atomic E-state index is 0. The molecular formula is C22H27ClN2O. The highest BCUT2D eigenvalue weighted by atomic mass is 35.5. The van der Waals surface area contributed by atoms with Crippen molar-refractivity contribution in [1.29, 1.82) is 0 Å². The normalized spacial score (nSPS) is 21.7. The van der Waals surface area contributed by atoms with E-state index in [1.54, 1.807) is 0 Å². The Hall–Kier alpha value is -1.84. The highest BCUT2D eigenvalue weighted by Gasteiger charge is 2.43. The van der Waals surface area contributed by atoms with E-state index in [2.05, 4.69) is 64.4 Å². The molecule has 1 fully saturated rings. The van der Waals surface area contributed by atoms with Crippen molar-refractivity contribution >= 4 is 24.0 Å². The van der Waals surface area contributed by atoms with Crippen LogP contribution >= 0.6 is 12.4 Å². The summed E-state index contributed by atoms with van der Waals surface area (Å²) in [6.07, 6.45) is 2.74. The van der Waals surface area contributed by atoms with E-state index >= 15 is 0 Å². The second-order valence-corrected chi connectivity index (χ2v) is 7.17. The summed E-state index contributed by atoms with van der Waals surface area (Å²) in [6, 6.07) is 19.6. The monoisotopic (exact) mass is 370 g/mol. The molecule has 0 aliphatic carbocycles. The smallest absolute Gasteiger partial charge is 0.226 e. The third-order valence-electron chi connectivity index (χ3n) is 5.72. The summed E-state index contributed by atoms with van der Waals surface area (Å²) in [5, 5.41) is 0. The summed E-state index contributed by atoms with van der Waals surface area (Å²) in [6.45, 7) is 5.20. The van der Waals surface area contributed by atoms with Crippen molar-refractivity contribution in [3.05, 3.63) is 65.7 Å². The molecule has 2 heterocycles. The van der Waals surface area contributed by atoms with E-state index in [1.165, 1.54) is 11.1 Å². The van der Waals surface area contributed by atoms with Gasteiger partial charge in [-0.3, -0.25) is 4.79 Å². The maximum absolute atomic E-state index is 12.5. The SMILES string of the molecule is CCC(=O)N1c2ccccc2[C@H]2CN(CCc3ccccc3)CC[C@H]21.Cl. The van der Waals surface area contributed by atoms with Crippen LogP contribution in [0.4, 0.5) is 5.69 Å². The van der Waals surface area contributed by atoms with Crippen LogP contribution in [-0.4, -0.2) is 36.5 Å². The van der Waals surface area contributed by atoms with Crippen molar-refractivity contribution in [3.63, 3.8) is 0 Å². The number of halogens is 1. The van der Waals surface area contributed by atoms with Gasteiger partial charge in [-0.15, -0.1) is 12.4 Å². The molecule has 0 bridgehead atoms. The molecule has 2 aromatic carbocycles. The zero-order chi connectivity index (χ0) is 17.2. The molecule has 0 saturated carbocycles. The van der Waals surface area contributed by atoms with Crippen LogP contribution in [0.15, 0.2) is 54.6 Å². The van der Waals surface area contributed by atoms with Crippen molar-refractivity contribution in [1.82, 2.24) is 4.90 Å². The van der Waals surface area contributed by atoms with Crippen LogP contribution < -0.4 is 4.90 Å². The number of piperidine rings is 1. The lowest BCUT2D eigenvalue weighted by Crippen LogP contribution is -2.48. The van der Waals surface area contributed by atoms with E-state index in [0.29, 0.717) is 18.4 Å². The average molecular weight is 371 g/mol. The molecule has 138 valence electrons. The van der Waals surface area contributed by atoms with E-state index in [4.69, 9.17) is 0 Å². The first-order valence-electron chi connectivity index (χ1n) is 9.45. The fourth-order valence-corrected chi connectivity index (χ4v) is 4.45. The maximum atomic E-state index is 12.5. The number of hydrogen-bond acceptors (Lipinski definition) is 2. The third kappa shape index (κ3) is 3.51. The number of carbonyl (C=O) groups excluding carboxylic acids is 1. The summed E-state index contributed by atoms with van der Waals surface area (Å²) in [5.41, 5.74) is 3.91. The Labute approximate surface area is 162 Å². The number of rotatable bonds is 4. The number of anilines is 1. The van der Waals surface area contributed by atoms with Gasteiger partial charge in [0.1, 0.15) is 0 Å². The number of nitrogens with zero attached hydrogens (tertiary/aromatic N) is 2. The van der Waals surface area contributed by atoms with Gasteiger partial charge in [0.25, 0.3) is 0 Å². The molecular weight excluding hydrogens is 344 g/mol. The fraction of sp³-hybridized carbons (Fsp3) is 0.409. The number of amides is 1. The minimum Gasteiger partial charge on any atom is -0.308 e. The van der Waals surface area contributed by atoms with E-state index in [-0.39, 0.29) is 18.3 Å². The van der Waals surface area contributed by atoms with Gasteiger partial charge in [0, 0.05) is 43.7 Å². The van der Waals surface area contributed by atoms with Crippen LogP contribution in [0, 0.1) is 0 Å². The first-order chi connectivity index (χ1) is 12.3. The molecule has 2 aliphatic rings. The molecule has 4 rings (SSSR count). The molecule has 26 heavy (non-hydrogen) atoms. The topological polar surface area (TPSA) is 23.6 Å². The van der Waals surface area contributed by atoms with Crippen LogP contribution in [0.3, 0.4) is 0 Å². The van der Waals surface area contributed by atoms with Gasteiger partial charge >= 0.3 is 0 Å². The third-order valence-corrected chi connectivity index (χ3v) is 5.72. The van der Waals surface area contributed by atoms with Crippen molar-refractivity contribution in [2.24, 2.45) is 0 Å². The highest BCUT2D eigenvalue weighted by molar-refractivity contribution is 5.96. The van der Waals surface area contributed by atoms with Gasteiger partial charge in [0.15, 0.2) is 0 Å². The molecule has 0 aromatic heterocycles. The second kappa shape index (κ2) is 8.24. The molecule has 2 aromatic rings. The van der Waals surface area contributed by atoms with E-state index in [9.17, 15) is 4.79 Å². The zero-order valence-corrected chi connectivity index (χ0v) is 16.1. The van der Waals surface area contributed by atoms with Gasteiger partial charge in [-0.2, -0.15) is 0 Å². The number of fused-ring (bicyclic) bond motifs is 3. The number of likely N-dealkylation sites (tertiary alicyclic amines) is 1. The predicted molar refractivity (Wildman–Crippen MR) is 109 cm³/mol. The van der Waals surface area contributed by atoms with Crippen LogP contribution in [0.2, 0.25) is 0 Å². The summed E-state index contributed by atoms with van der Waals surface area (Å²) < 4.78 is 0. The molecule has 0 N–H and O–H groups in total. The van der Waals surface area contributed by atoms with Gasteiger partial charge in [-0.25, -0.2) is 0 Å². The van der Waals surface area contributed by atoms with Gasteiger partial charge in [0.2, 0.25) is 5.91 Å². The van der Waals surface area contributed by atoms with E-state index in [0.717, 1.165) is 38.2 Å². The van der Waals surface area contributed by atoms with Crippen LogP contribution in [0.1, 0.15) is 36.8 Å². The number of carbonyl (C=O) groups is 1. The Balaban J connectivity index is 0.00000196. The lowest BCUT2D eigenvalue weighted by atomic mass is 9.89. The van der Waals surface area contributed by atoms with Crippen molar-refractivity contribution < 1.29 is 4.79 Å². The highest BCUT2D eigenvalue weighted by Crippen LogP contribution is 2.44. The zero-order valence-electron chi connectivity index (χ0n) is 15.3. The quantitative estimate of drug-likeness (QED) is 0.802. The Kier molecular flexibility index (Phi) is 6.00. The second-order valence-electron chi connectivity index (χ2n) is 7.17. The van der Waals surface area contributed by atoms with Crippen LogP contribution in [0.25, 0.3) is 0 Å². The molecule has 0 spiro atoms. The molecule has 2 atom stereocenters. The number of benzene rings is 2. The van der Waals surface area contributed by atoms with Gasteiger partial charge < -0.3 is 9.80 Å². The largest absolute Gasteiger partial charge is 0.308 e. The van der Waals surface area contributed by atoms with Crippen molar-refractivity contribution in [3.8, 4) is 0 Å². The molecule has 0 radical (unpaired) electrons. The number of hydrogen-bond donors (Lipinski definition) is 0. The van der Waals surface area contributed by atoms with Crippen LogP contribution in [-0.2, 0) is 11.2 Å². The van der Waals surface area contributed by atoms with Crippen LogP contribution in [0.5, 0.6) is 0 Å². The first kappa shape index (κ1) is 18.9. The fourth-order valence-electron chi connectivity index (χ4n) is 4.45. The standard InChI is InChI=1S/C22H26N2O.ClH/c1-2-22(25)24-20-11-7-6-10-18(20)19-16-23(15-13-21(19)24)14-12-17-8-4-3-5-9-17;/h3-11,19,21H,2,12-16H2,1H3;1H/t19-,21-;/m1./s1. The van der Waals surface area contributed by atoms with E-state index < -0.39 is 0 Å². The summed E-state index contributed by atoms with van der Waals surface area (Å²) in [5.74, 6) is 0.717. The van der Waals surface area contributed by atoms with Gasteiger partial charge in [0.05, 0.1) is 0 Å². The molecule has 0 unspecified atom stereocenters. The maximum Gasteiger partial charge on any atom is 0.226 e. The Bertz CT molecular complexity index is 749. The summed E-state index contributed by atoms with van der Waals surface area (Å²) in [7, 11) is 0. The first-order valence-corrected chi connectivity index (χ1v) is 9.45. The molecule has 1 saturated heterocycles. The molecule has 3 nitrogen and oxygen atoms in total. The summed E-state index contributed by atoms with van der Waals surface area (Å²) in [4.78, 5) is 17.2. The predicted octanol–water partition coefficient (Wildman–Crippen LogP) is 4.27. The van der Waals surface area contributed by atoms with Crippen molar-refractivity contribution in [2.75, 3.05) is 24.5 Å². The minimum atomic E-state index is 0. The average Bonchev–Trinajstić information content (AvgIpc) is 3.00. The summed E-state index contributed by atoms with van der Waals surface area (Å²) >= 11 is 0. The van der Waals surface area contributed by atoms with Gasteiger partial charge in [-0.05, 0) is 30.0 Å².